The fraction of sp³-hybridized carbons (Fsp3) is 0.455. The van der Waals surface area contributed by atoms with E-state index in [9.17, 15) is 13.2 Å². The number of thioether (sulfide) groups is 1. The zero-order valence-corrected chi connectivity index (χ0v) is 10.0. The van der Waals surface area contributed by atoms with Gasteiger partial charge < -0.3 is 9.84 Å². The lowest BCUT2D eigenvalue weighted by molar-refractivity contribution is -0.274. The number of aliphatic hydroxyl groups excluding tert-OH is 1. The molecule has 1 unspecified atom stereocenters. The molecule has 1 rings (SSSR count). The summed E-state index contributed by atoms with van der Waals surface area (Å²) >= 11 is 1.54. The van der Waals surface area contributed by atoms with Gasteiger partial charge in [-0.15, -0.1) is 13.2 Å². The molecule has 0 bridgehead atoms. The Kier molecular flexibility index (Phi) is 5.14. The van der Waals surface area contributed by atoms with Crippen LogP contribution in [0.5, 0.6) is 5.75 Å². The number of rotatable bonds is 5. The van der Waals surface area contributed by atoms with E-state index in [2.05, 4.69) is 4.74 Å². The minimum Gasteiger partial charge on any atom is -0.406 e. The second-order valence-corrected chi connectivity index (χ2v) is 4.92. The van der Waals surface area contributed by atoms with E-state index in [1.54, 1.807) is 12.1 Å². The van der Waals surface area contributed by atoms with Crippen LogP contribution in [0.15, 0.2) is 24.3 Å². The number of halogens is 3. The highest BCUT2D eigenvalue weighted by Crippen LogP contribution is 2.24. The lowest BCUT2D eigenvalue weighted by Crippen LogP contribution is -2.17. The van der Waals surface area contributed by atoms with Crippen molar-refractivity contribution in [2.24, 2.45) is 0 Å². The first-order valence-corrected chi connectivity index (χ1v) is 6.03. The first kappa shape index (κ1) is 14.2. The standard InChI is InChI=1S/C11H13F3O2S/c1-8(6-15)17-7-9-2-4-10(5-3-9)16-11(12,13)14/h2-5,8,15H,6-7H2,1H3. The molecular formula is C11H13F3O2S. The molecule has 0 aromatic heterocycles. The predicted octanol–water partition coefficient (Wildman–Crippen LogP) is 3.20. The Bertz CT molecular complexity index is 338. The van der Waals surface area contributed by atoms with Gasteiger partial charge in [0.2, 0.25) is 0 Å². The van der Waals surface area contributed by atoms with Crippen molar-refractivity contribution in [2.45, 2.75) is 24.3 Å². The van der Waals surface area contributed by atoms with Gasteiger partial charge in [-0.2, -0.15) is 11.8 Å². The Labute approximate surface area is 102 Å². The Morgan fingerprint density at radius 3 is 2.35 bits per heavy atom. The average molecular weight is 266 g/mol. The summed E-state index contributed by atoms with van der Waals surface area (Å²) in [4.78, 5) is 0. The molecule has 0 radical (unpaired) electrons. The third kappa shape index (κ3) is 5.83. The number of aliphatic hydroxyl groups is 1. The number of alkyl halides is 3. The molecule has 0 heterocycles. The third-order valence-corrected chi connectivity index (χ3v) is 3.17. The van der Waals surface area contributed by atoms with Crippen LogP contribution < -0.4 is 4.74 Å². The molecule has 1 N–H and O–H groups in total. The molecule has 0 saturated carbocycles. The van der Waals surface area contributed by atoms with Gasteiger partial charge in [0.1, 0.15) is 5.75 Å². The largest absolute Gasteiger partial charge is 0.573 e. The van der Waals surface area contributed by atoms with Crippen LogP contribution in [0.25, 0.3) is 0 Å². The quantitative estimate of drug-likeness (QED) is 0.887. The van der Waals surface area contributed by atoms with Crippen LogP contribution in [-0.4, -0.2) is 23.3 Å². The molecule has 96 valence electrons. The Balaban J connectivity index is 2.50. The Morgan fingerprint density at radius 1 is 1.29 bits per heavy atom. The van der Waals surface area contributed by atoms with Crippen molar-refractivity contribution < 1.29 is 23.0 Å². The van der Waals surface area contributed by atoms with Crippen LogP contribution in [0.4, 0.5) is 13.2 Å². The second-order valence-electron chi connectivity index (χ2n) is 3.50. The lowest BCUT2D eigenvalue weighted by Gasteiger charge is -2.10. The molecule has 2 nitrogen and oxygen atoms in total. The van der Waals surface area contributed by atoms with E-state index in [1.165, 1.54) is 23.9 Å². The summed E-state index contributed by atoms with van der Waals surface area (Å²) in [6.07, 6.45) is -4.65. The maximum Gasteiger partial charge on any atom is 0.573 e. The van der Waals surface area contributed by atoms with E-state index >= 15 is 0 Å². The molecule has 1 aromatic rings. The zero-order chi connectivity index (χ0) is 12.9. The monoisotopic (exact) mass is 266 g/mol. The van der Waals surface area contributed by atoms with Crippen molar-refractivity contribution in [3.63, 3.8) is 0 Å². The van der Waals surface area contributed by atoms with Gasteiger partial charge in [0.25, 0.3) is 0 Å². The van der Waals surface area contributed by atoms with E-state index < -0.39 is 6.36 Å². The van der Waals surface area contributed by atoms with Gasteiger partial charge in [-0.3, -0.25) is 0 Å². The highest BCUT2D eigenvalue weighted by atomic mass is 32.2. The fourth-order valence-corrected chi connectivity index (χ4v) is 1.85. The van der Waals surface area contributed by atoms with Gasteiger partial charge in [0.15, 0.2) is 0 Å². The van der Waals surface area contributed by atoms with Gasteiger partial charge in [-0.1, -0.05) is 19.1 Å². The first-order valence-electron chi connectivity index (χ1n) is 4.98. The summed E-state index contributed by atoms with van der Waals surface area (Å²) in [7, 11) is 0. The molecule has 0 saturated heterocycles. The minimum absolute atomic E-state index is 0.0833. The van der Waals surface area contributed by atoms with Crippen molar-refractivity contribution >= 4 is 11.8 Å². The average Bonchev–Trinajstić information content (AvgIpc) is 2.25. The van der Waals surface area contributed by atoms with Crippen molar-refractivity contribution in [1.82, 2.24) is 0 Å². The van der Waals surface area contributed by atoms with Crippen LogP contribution in [0, 0.1) is 0 Å². The number of benzene rings is 1. The molecule has 0 aliphatic rings. The number of hydrogen-bond donors (Lipinski definition) is 1. The molecule has 17 heavy (non-hydrogen) atoms. The van der Waals surface area contributed by atoms with Crippen molar-refractivity contribution in [3.05, 3.63) is 29.8 Å². The molecule has 0 aliphatic carbocycles. The summed E-state index contributed by atoms with van der Waals surface area (Å²) in [5.41, 5.74) is 0.893. The Morgan fingerprint density at radius 2 is 1.88 bits per heavy atom. The van der Waals surface area contributed by atoms with Gasteiger partial charge in [0, 0.05) is 11.0 Å². The van der Waals surface area contributed by atoms with E-state index in [0.717, 1.165) is 5.56 Å². The van der Waals surface area contributed by atoms with Crippen LogP contribution in [-0.2, 0) is 5.75 Å². The summed E-state index contributed by atoms with van der Waals surface area (Å²) < 4.78 is 39.4. The van der Waals surface area contributed by atoms with E-state index in [1.807, 2.05) is 6.92 Å². The molecule has 0 fully saturated rings. The van der Waals surface area contributed by atoms with E-state index in [4.69, 9.17) is 5.11 Å². The van der Waals surface area contributed by atoms with Crippen molar-refractivity contribution in [3.8, 4) is 5.75 Å². The van der Waals surface area contributed by atoms with Crippen LogP contribution in [0.2, 0.25) is 0 Å². The third-order valence-electron chi connectivity index (χ3n) is 1.95. The van der Waals surface area contributed by atoms with Gasteiger partial charge in [-0.25, -0.2) is 0 Å². The zero-order valence-electron chi connectivity index (χ0n) is 9.20. The maximum atomic E-state index is 11.9. The number of ether oxygens (including phenoxy) is 1. The Hall–Kier alpha value is -0.880. The fourth-order valence-electron chi connectivity index (χ4n) is 1.08. The first-order chi connectivity index (χ1) is 7.90. The van der Waals surface area contributed by atoms with Gasteiger partial charge in [-0.05, 0) is 17.7 Å². The summed E-state index contributed by atoms with van der Waals surface area (Å²) in [5.74, 6) is 0.426. The summed E-state index contributed by atoms with van der Waals surface area (Å²) in [6.45, 7) is 1.96. The molecule has 1 atom stereocenters. The summed E-state index contributed by atoms with van der Waals surface area (Å²) in [6, 6.07) is 5.73. The van der Waals surface area contributed by atoms with Gasteiger partial charge in [0.05, 0.1) is 6.61 Å². The molecule has 1 aromatic carbocycles. The van der Waals surface area contributed by atoms with Crippen LogP contribution in [0.1, 0.15) is 12.5 Å². The highest BCUT2D eigenvalue weighted by Gasteiger charge is 2.30. The molecule has 0 spiro atoms. The second kappa shape index (κ2) is 6.16. The SMILES string of the molecule is CC(CO)SCc1ccc(OC(F)(F)F)cc1. The van der Waals surface area contributed by atoms with E-state index in [-0.39, 0.29) is 17.6 Å². The normalized spacial score (nSPS) is 13.5. The van der Waals surface area contributed by atoms with Crippen LogP contribution >= 0.6 is 11.8 Å². The number of hydrogen-bond acceptors (Lipinski definition) is 3. The van der Waals surface area contributed by atoms with Crippen LogP contribution in [0.3, 0.4) is 0 Å². The molecular weight excluding hydrogens is 253 g/mol. The molecule has 0 aliphatic heterocycles. The topological polar surface area (TPSA) is 29.5 Å². The molecule has 6 heteroatoms. The lowest BCUT2D eigenvalue weighted by atomic mass is 10.2. The minimum atomic E-state index is -4.65. The highest BCUT2D eigenvalue weighted by molar-refractivity contribution is 7.99. The van der Waals surface area contributed by atoms with E-state index in [0.29, 0.717) is 5.75 Å². The molecule has 0 amide bonds. The summed E-state index contributed by atoms with van der Waals surface area (Å²) in [5, 5.41) is 8.93. The smallest absolute Gasteiger partial charge is 0.406 e. The van der Waals surface area contributed by atoms with Gasteiger partial charge >= 0.3 is 6.36 Å². The van der Waals surface area contributed by atoms with Crippen molar-refractivity contribution in [2.75, 3.05) is 6.61 Å². The maximum absolute atomic E-state index is 11.9. The van der Waals surface area contributed by atoms with Crippen molar-refractivity contribution in [1.29, 1.82) is 0 Å². The predicted molar refractivity (Wildman–Crippen MR) is 61.0 cm³/mol.